The smallest absolute Gasteiger partial charge is 0.345 e. The summed E-state index contributed by atoms with van der Waals surface area (Å²) >= 11 is 3.18. The molecule has 28 heavy (non-hydrogen) atoms. The number of rotatable bonds is 3. The second kappa shape index (κ2) is 7.56. The van der Waals surface area contributed by atoms with Crippen molar-refractivity contribution in [2.45, 2.75) is 6.18 Å². The number of alkyl halides is 3. The highest BCUT2D eigenvalue weighted by Crippen LogP contribution is 2.31. The molecule has 2 aromatic heterocycles. The van der Waals surface area contributed by atoms with E-state index in [9.17, 15) is 18.0 Å². The minimum atomic E-state index is -4.46. The van der Waals surface area contributed by atoms with Crippen LogP contribution < -0.4 is 4.90 Å². The van der Waals surface area contributed by atoms with E-state index in [-0.39, 0.29) is 11.5 Å². The summed E-state index contributed by atoms with van der Waals surface area (Å²) in [4.78, 5) is 21.0. The third-order valence-electron chi connectivity index (χ3n) is 4.58. The third-order valence-corrected chi connectivity index (χ3v) is 6.17. The van der Waals surface area contributed by atoms with Gasteiger partial charge in [0.1, 0.15) is 0 Å². The molecule has 146 valence electrons. The fourth-order valence-corrected chi connectivity index (χ4v) is 4.60. The summed E-state index contributed by atoms with van der Waals surface area (Å²) in [6.07, 6.45) is -4.46. The van der Waals surface area contributed by atoms with Crippen LogP contribution >= 0.6 is 22.7 Å². The van der Waals surface area contributed by atoms with E-state index in [2.05, 4.69) is 9.88 Å². The predicted octanol–water partition coefficient (Wildman–Crippen LogP) is 4.85. The topological polar surface area (TPSA) is 36.4 Å². The molecular weight excluding hydrogens is 407 g/mol. The van der Waals surface area contributed by atoms with E-state index >= 15 is 0 Å². The lowest BCUT2D eigenvalue weighted by Crippen LogP contribution is -2.48. The number of anilines is 1. The number of aromatic nitrogens is 1. The number of thiazole rings is 1. The van der Waals surface area contributed by atoms with Gasteiger partial charge in [-0.05, 0) is 29.6 Å². The van der Waals surface area contributed by atoms with Crippen LogP contribution in [0.3, 0.4) is 0 Å². The van der Waals surface area contributed by atoms with E-state index in [1.165, 1.54) is 12.1 Å². The Balaban J connectivity index is 1.41. The van der Waals surface area contributed by atoms with Gasteiger partial charge in [-0.15, -0.1) is 11.3 Å². The van der Waals surface area contributed by atoms with Crippen molar-refractivity contribution >= 4 is 33.7 Å². The first-order valence-electron chi connectivity index (χ1n) is 8.61. The molecule has 0 saturated carbocycles. The SMILES string of the molecule is O=C(c1cccc(C(F)(F)F)c1)N1CCN(c2nc(-c3ccsc3)cs2)CC1. The molecule has 0 unspecified atom stereocenters. The molecule has 0 N–H and O–H groups in total. The maximum absolute atomic E-state index is 12.9. The van der Waals surface area contributed by atoms with Crippen LogP contribution in [0.15, 0.2) is 46.5 Å². The molecule has 1 aliphatic rings. The van der Waals surface area contributed by atoms with Crippen molar-refractivity contribution in [3.63, 3.8) is 0 Å². The molecule has 0 spiro atoms. The maximum atomic E-state index is 12.9. The lowest BCUT2D eigenvalue weighted by Gasteiger charge is -2.34. The summed E-state index contributed by atoms with van der Waals surface area (Å²) in [6, 6.07) is 6.62. The van der Waals surface area contributed by atoms with Crippen LogP contribution in [0.5, 0.6) is 0 Å². The van der Waals surface area contributed by atoms with Gasteiger partial charge in [0.25, 0.3) is 5.91 Å². The molecule has 0 aliphatic carbocycles. The first-order valence-corrected chi connectivity index (χ1v) is 10.4. The molecule has 4 rings (SSSR count). The number of amides is 1. The highest BCUT2D eigenvalue weighted by atomic mass is 32.1. The molecule has 0 bridgehead atoms. The number of nitrogens with zero attached hydrogens (tertiary/aromatic N) is 3. The van der Waals surface area contributed by atoms with E-state index in [0.717, 1.165) is 28.5 Å². The van der Waals surface area contributed by atoms with E-state index in [1.807, 2.05) is 22.2 Å². The first kappa shape index (κ1) is 18.9. The number of piperazine rings is 1. The molecule has 9 heteroatoms. The normalized spacial score (nSPS) is 15.1. The Bertz CT molecular complexity index is 961. The Morgan fingerprint density at radius 3 is 2.54 bits per heavy atom. The Labute approximate surface area is 167 Å². The van der Waals surface area contributed by atoms with Gasteiger partial charge < -0.3 is 9.80 Å². The van der Waals surface area contributed by atoms with E-state index in [1.54, 1.807) is 27.6 Å². The summed E-state index contributed by atoms with van der Waals surface area (Å²) in [5.74, 6) is -0.371. The number of benzene rings is 1. The molecule has 4 nitrogen and oxygen atoms in total. The second-order valence-corrected chi connectivity index (χ2v) is 8.00. The van der Waals surface area contributed by atoms with Gasteiger partial charge >= 0.3 is 6.18 Å². The summed E-state index contributed by atoms with van der Waals surface area (Å²) < 4.78 is 38.6. The van der Waals surface area contributed by atoms with Crippen LogP contribution in [0.1, 0.15) is 15.9 Å². The standard InChI is InChI=1S/C19H16F3N3OS2/c20-19(21,22)15-3-1-2-13(10-15)17(26)24-5-7-25(8-6-24)18-23-16(12-28-18)14-4-9-27-11-14/h1-4,9-12H,5-8H2. The summed E-state index contributed by atoms with van der Waals surface area (Å²) in [7, 11) is 0. The van der Waals surface area contributed by atoms with Gasteiger partial charge in [0.05, 0.1) is 11.3 Å². The Morgan fingerprint density at radius 1 is 1.07 bits per heavy atom. The van der Waals surface area contributed by atoms with E-state index in [0.29, 0.717) is 26.2 Å². The molecule has 1 aromatic carbocycles. The fraction of sp³-hybridized carbons (Fsp3) is 0.263. The Kier molecular flexibility index (Phi) is 5.11. The van der Waals surface area contributed by atoms with Gasteiger partial charge in [0, 0.05) is 48.1 Å². The second-order valence-electron chi connectivity index (χ2n) is 6.39. The highest BCUT2D eigenvalue weighted by molar-refractivity contribution is 7.14. The average molecular weight is 423 g/mol. The lowest BCUT2D eigenvalue weighted by molar-refractivity contribution is -0.137. The molecule has 1 aliphatic heterocycles. The fourth-order valence-electron chi connectivity index (χ4n) is 3.06. The lowest BCUT2D eigenvalue weighted by atomic mass is 10.1. The largest absolute Gasteiger partial charge is 0.416 e. The van der Waals surface area contributed by atoms with E-state index in [4.69, 9.17) is 0 Å². The first-order chi connectivity index (χ1) is 13.4. The van der Waals surface area contributed by atoms with Crippen LogP contribution in [-0.4, -0.2) is 42.0 Å². The van der Waals surface area contributed by atoms with Crippen molar-refractivity contribution in [2.75, 3.05) is 31.1 Å². The van der Waals surface area contributed by atoms with Gasteiger partial charge in [0.15, 0.2) is 5.13 Å². The van der Waals surface area contributed by atoms with Crippen LogP contribution in [0, 0.1) is 0 Å². The number of hydrogen-bond donors (Lipinski definition) is 0. The summed E-state index contributed by atoms with van der Waals surface area (Å²) in [5, 5.41) is 6.96. The highest BCUT2D eigenvalue weighted by Gasteiger charge is 2.32. The summed E-state index contributed by atoms with van der Waals surface area (Å²) in [6.45, 7) is 2.09. The number of hydrogen-bond acceptors (Lipinski definition) is 5. The molecule has 3 heterocycles. The number of carbonyl (C=O) groups excluding carboxylic acids is 1. The van der Waals surface area contributed by atoms with Gasteiger partial charge in [-0.3, -0.25) is 4.79 Å². The Hall–Kier alpha value is -2.39. The van der Waals surface area contributed by atoms with Crippen molar-refractivity contribution < 1.29 is 18.0 Å². The zero-order valence-corrected chi connectivity index (χ0v) is 16.3. The molecule has 1 amide bonds. The van der Waals surface area contributed by atoms with Crippen LogP contribution in [0.4, 0.5) is 18.3 Å². The minimum Gasteiger partial charge on any atom is -0.345 e. The van der Waals surface area contributed by atoms with Crippen LogP contribution in [0.2, 0.25) is 0 Å². The quantitative estimate of drug-likeness (QED) is 0.604. The maximum Gasteiger partial charge on any atom is 0.416 e. The van der Waals surface area contributed by atoms with E-state index < -0.39 is 11.7 Å². The predicted molar refractivity (Wildman–Crippen MR) is 105 cm³/mol. The molecule has 1 fully saturated rings. The van der Waals surface area contributed by atoms with Gasteiger partial charge in [0.2, 0.25) is 0 Å². The Morgan fingerprint density at radius 2 is 1.86 bits per heavy atom. The van der Waals surface area contributed by atoms with Gasteiger partial charge in [-0.1, -0.05) is 6.07 Å². The zero-order valence-electron chi connectivity index (χ0n) is 14.6. The molecule has 0 atom stereocenters. The van der Waals surface area contributed by atoms with Crippen molar-refractivity contribution in [3.05, 3.63) is 57.6 Å². The van der Waals surface area contributed by atoms with Crippen LogP contribution in [-0.2, 0) is 6.18 Å². The summed E-state index contributed by atoms with van der Waals surface area (Å²) in [5.41, 5.74) is 1.28. The van der Waals surface area contributed by atoms with Crippen molar-refractivity contribution in [1.29, 1.82) is 0 Å². The number of halogens is 3. The van der Waals surface area contributed by atoms with Gasteiger partial charge in [-0.2, -0.15) is 24.5 Å². The monoisotopic (exact) mass is 423 g/mol. The number of carbonyl (C=O) groups is 1. The molecule has 0 radical (unpaired) electrons. The average Bonchev–Trinajstić information content (AvgIpc) is 3.39. The van der Waals surface area contributed by atoms with Crippen LogP contribution in [0.25, 0.3) is 11.3 Å². The van der Waals surface area contributed by atoms with Gasteiger partial charge in [-0.25, -0.2) is 4.98 Å². The third kappa shape index (κ3) is 3.90. The number of thiophene rings is 1. The molecular formula is C19H16F3N3OS2. The van der Waals surface area contributed by atoms with Crippen molar-refractivity contribution in [1.82, 2.24) is 9.88 Å². The minimum absolute atomic E-state index is 0.0669. The zero-order chi connectivity index (χ0) is 19.7. The molecule has 3 aromatic rings. The van der Waals surface area contributed by atoms with Crippen molar-refractivity contribution in [2.24, 2.45) is 0 Å². The molecule has 1 saturated heterocycles. The van der Waals surface area contributed by atoms with Crippen molar-refractivity contribution in [3.8, 4) is 11.3 Å².